The lowest BCUT2D eigenvalue weighted by Gasteiger charge is -2.33. The summed E-state index contributed by atoms with van der Waals surface area (Å²) in [6.07, 6.45) is 0. The summed E-state index contributed by atoms with van der Waals surface area (Å²) in [6.45, 7) is 3.48. The zero-order valence-electron chi connectivity index (χ0n) is 18.7. The van der Waals surface area contributed by atoms with Gasteiger partial charge in [0, 0.05) is 36.2 Å². The van der Waals surface area contributed by atoms with E-state index in [4.69, 9.17) is 9.47 Å². The maximum atomic E-state index is 12.8. The number of nitrogens with zero attached hydrogens (tertiary/aromatic N) is 3. The molecule has 178 valence electrons. The van der Waals surface area contributed by atoms with Gasteiger partial charge in [-0.05, 0) is 49.4 Å². The predicted octanol–water partition coefficient (Wildman–Crippen LogP) is 2.31. The Labute approximate surface area is 202 Å². The Hall–Kier alpha value is -2.47. The van der Waals surface area contributed by atoms with Crippen LogP contribution in [-0.4, -0.2) is 76.2 Å². The minimum absolute atomic E-state index is 0.134. The molecule has 3 rings (SSSR count). The molecule has 2 aromatic carbocycles. The highest BCUT2D eigenvalue weighted by atomic mass is 79.9. The summed E-state index contributed by atoms with van der Waals surface area (Å²) in [7, 11) is -0.430. The fraction of sp³-hybridized carbons (Fsp3) is 0.364. The molecular weight excluding hydrogens is 512 g/mol. The molecular formula is C22H27BrN4O5S. The van der Waals surface area contributed by atoms with Crippen molar-refractivity contribution < 1.29 is 22.7 Å². The van der Waals surface area contributed by atoms with E-state index in [0.29, 0.717) is 43.4 Å². The van der Waals surface area contributed by atoms with Gasteiger partial charge in [0.15, 0.2) is 11.5 Å². The first kappa shape index (κ1) is 25.2. The smallest absolute Gasteiger partial charge is 0.254 e. The average Bonchev–Trinajstić information content (AvgIpc) is 2.82. The Morgan fingerprint density at radius 3 is 2.27 bits per heavy atom. The Kier molecular flexibility index (Phi) is 8.46. The van der Waals surface area contributed by atoms with Crippen LogP contribution in [0.3, 0.4) is 0 Å². The van der Waals surface area contributed by atoms with Crippen LogP contribution in [0.2, 0.25) is 0 Å². The third-order valence-electron chi connectivity index (χ3n) is 5.30. The molecule has 1 amide bonds. The van der Waals surface area contributed by atoms with Gasteiger partial charge in [0.25, 0.3) is 5.91 Å². The Morgan fingerprint density at radius 2 is 1.67 bits per heavy atom. The SMILES string of the molecule is COc1ccc(/C(C)=N\NC(=O)CN2CCN(S(=O)(=O)c3ccc(Br)cc3)CC2)cc1OC. The number of benzene rings is 2. The van der Waals surface area contributed by atoms with Gasteiger partial charge in [-0.1, -0.05) is 15.9 Å². The van der Waals surface area contributed by atoms with Crippen LogP contribution >= 0.6 is 15.9 Å². The van der Waals surface area contributed by atoms with Crippen LogP contribution in [0, 0.1) is 0 Å². The molecule has 1 fully saturated rings. The number of carbonyl (C=O) groups is 1. The molecule has 11 heteroatoms. The maximum Gasteiger partial charge on any atom is 0.254 e. The molecule has 1 saturated heterocycles. The summed E-state index contributed by atoms with van der Waals surface area (Å²) in [6, 6.07) is 12.0. The molecule has 0 aromatic heterocycles. The number of hydrogen-bond acceptors (Lipinski definition) is 7. The highest BCUT2D eigenvalue weighted by molar-refractivity contribution is 9.10. The minimum Gasteiger partial charge on any atom is -0.493 e. The quantitative estimate of drug-likeness (QED) is 0.408. The summed E-state index contributed by atoms with van der Waals surface area (Å²) >= 11 is 3.31. The van der Waals surface area contributed by atoms with Gasteiger partial charge in [-0.25, -0.2) is 13.8 Å². The van der Waals surface area contributed by atoms with E-state index < -0.39 is 10.0 Å². The molecule has 0 bridgehead atoms. The Balaban J connectivity index is 1.52. The molecule has 1 aliphatic rings. The molecule has 1 N–H and O–H groups in total. The number of hydrogen-bond donors (Lipinski definition) is 1. The van der Waals surface area contributed by atoms with Crippen molar-refractivity contribution in [2.75, 3.05) is 46.9 Å². The van der Waals surface area contributed by atoms with E-state index in [9.17, 15) is 13.2 Å². The number of nitrogens with one attached hydrogen (secondary N) is 1. The number of amides is 1. The summed E-state index contributed by atoms with van der Waals surface area (Å²) in [5.74, 6) is 0.922. The molecule has 33 heavy (non-hydrogen) atoms. The number of hydrazone groups is 1. The highest BCUT2D eigenvalue weighted by Gasteiger charge is 2.29. The van der Waals surface area contributed by atoms with Gasteiger partial charge in [-0.2, -0.15) is 9.41 Å². The van der Waals surface area contributed by atoms with Crippen molar-refractivity contribution in [1.82, 2.24) is 14.6 Å². The first-order chi connectivity index (χ1) is 15.7. The molecule has 1 heterocycles. The highest BCUT2D eigenvalue weighted by Crippen LogP contribution is 2.27. The topological polar surface area (TPSA) is 101 Å². The van der Waals surface area contributed by atoms with E-state index in [1.54, 1.807) is 57.5 Å². The zero-order valence-corrected chi connectivity index (χ0v) is 21.1. The van der Waals surface area contributed by atoms with Crippen LogP contribution in [0.25, 0.3) is 0 Å². The van der Waals surface area contributed by atoms with Gasteiger partial charge in [-0.15, -0.1) is 0 Å². The number of carbonyl (C=O) groups excluding carboxylic acids is 1. The largest absolute Gasteiger partial charge is 0.493 e. The second kappa shape index (κ2) is 11.1. The predicted molar refractivity (Wildman–Crippen MR) is 129 cm³/mol. The standard InChI is InChI=1S/C22H27BrN4O5S/c1-16(17-4-9-20(31-2)21(14-17)32-3)24-25-22(28)15-26-10-12-27(13-11-26)33(29,30)19-7-5-18(23)6-8-19/h4-9,14H,10-13,15H2,1-3H3,(H,25,28)/b24-16-. The van der Waals surface area contributed by atoms with Crippen LogP contribution in [0.5, 0.6) is 11.5 Å². The van der Waals surface area contributed by atoms with Gasteiger partial charge in [-0.3, -0.25) is 9.69 Å². The third-order valence-corrected chi connectivity index (χ3v) is 7.74. The Bertz CT molecular complexity index is 1110. The van der Waals surface area contributed by atoms with Gasteiger partial charge < -0.3 is 9.47 Å². The molecule has 0 atom stereocenters. The second-order valence-corrected chi connectivity index (χ2v) is 10.3. The van der Waals surface area contributed by atoms with Crippen LogP contribution in [0.15, 0.2) is 56.9 Å². The number of sulfonamides is 1. The third kappa shape index (κ3) is 6.32. The lowest BCUT2D eigenvalue weighted by Crippen LogP contribution is -2.50. The van der Waals surface area contributed by atoms with E-state index in [1.807, 2.05) is 11.0 Å². The molecule has 0 aliphatic carbocycles. The number of methoxy groups -OCH3 is 2. The molecule has 1 aliphatic heterocycles. The van der Waals surface area contributed by atoms with Crippen molar-refractivity contribution in [1.29, 1.82) is 0 Å². The van der Waals surface area contributed by atoms with Gasteiger partial charge >= 0.3 is 0 Å². The monoisotopic (exact) mass is 538 g/mol. The fourth-order valence-corrected chi connectivity index (χ4v) is 5.08. The summed E-state index contributed by atoms with van der Waals surface area (Å²) in [4.78, 5) is 14.5. The van der Waals surface area contributed by atoms with E-state index >= 15 is 0 Å². The summed E-state index contributed by atoms with van der Waals surface area (Å²) in [5, 5.41) is 4.18. The van der Waals surface area contributed by atoms with Crippen molar-refractivity contribution in [3.63, 3.8) is 0 Å². The fourth-order valence-electron chi connectivity index (χ4n) is 3.39. The Morgan fingerprint density at radius 1 is 1.03 bits per heavy atom. The van der Waals surface area contributed by atoms with Crippen molar-refractivity contribution in [3.05, 3.63) is 52.5 Å². The van der Waals surface area contributed by atoms with Crippen LogP contribution in [0.1, 0.15) is 12.5 Å². The van der Waals surface area contributed by atoms with E-state index in [-0.39, 0.29) is 17.3 Å². The second-order valence-electron chi connectivity index (χ2n) is 7.44. The normalized spacial score (nSPS) is 15.8. The van der Waals surface area contributed by atoms with Crippen LogP contribution < -0.4 is 14.9 Å². The van der Waals surface area contributed by atoms with Crippen molar-refractivity contribution >= 4 is 37.6 Å². The van der Waals surface area contributed by atoms with Gasteiger partial charge in [0.1, 0.15) is 0 Å². The first-order valence-corrected chi connectivity index (χ1v) is 12.5. The molecule has 2 aromatic rings. The van der Waals surface area contributed by atoms with Crippen molar-refractivity contribution in [2.45, 2.75) is 11.8 Å². The zero-order chi connectivity index (χ0) is 24.0. The van der Waals surface area contributed by atoms with Crippen molar-refractivity contribution in [3.8, 4) is 11.5 Å². The number of halogens is 1. The average molecular weight is 539 g/mol. The summed E-state index contributed by atoms with van der Waals surface area (Å²) in [5.41, 5.74) is 3.98. The van der Waals surface area contributed by atoms with E-state index in [1.165, 1.54) is 4.31 Å². The van der Waals surface area contributed by atoms with E-state index in [2.05, 4.69) is 26.5 Å². The van der Waals surface area contributed by atoms with Gasteiger partial charge in [0.05, 0.1) is 31.4 Å². The van der Waals surface area contributed by atoms with E-state index in [0.717, 1.165) is 10.0 Å². The maximum absolute atomic E-state index is 12.8. The molecule has 9 nitrogen and oxygen atoms in total. The van der Waals surface area contributed by atoms with Crippen molar-refractivity contribution in [2.24, 2.45) is 5.10 Å². The van der Waals surface area contributed by atoms with Crippen LogP contribution in [-0.2, 0) is 14.8 Å². The van der Waals surface area contributed by atoms with Crippen LogP contribution in [0.4, 0.5) is 0 Å². The summed E-state index contributed by atoms with van der Waals surface area (Å²) < 4.78 is 38.4. The molecule has 0 saturated carbocycles. The molecule has 0 spiro atoms. The lowest BCUT2D eigenvalue weighted by atomic mass is 10.1. The van der Waals surface area contributed by atoms with Gasteiger partial charge in [0.2, 0.25) is 10.0 Å². The first-order valence-electron chi connectivity index (χ1n) is 10.3. The number of ether oxygens (including phenoxy) is 2. The molecule has 0 unspecified atom stereocenters. The lowest BCUT2D eigenvalue weighted by molar-refractivity contribution is -0.122. The number of rotatable bonds is 8. The molecule has 0 radical (unpaired) electrons. The number of piperazine rings is 1. The minimum atomic E-state index is -3.55.